The second kappa shape index (κ2) is 6.35. The van der Waals surface area contributed by atoms with Crippen LogP contribution in [0.1, 0.15) is 47.0 Å². The smallest absolute Gasteiger partial charge is 0.407 e. The number of amides is 1. The molecule has 0 saturated carbocycles. The van der Waals surface area contributed by atoms with Gasteiger partial charge in [0.05, 0.1) is 0 Å². The van der Waals surface area contributed by atoms with Crippen molar-refractivity contribution >= 4 is 12.1 Å². The zero-order chi connectivity index (χ0) is 12.8. The molecule has 0 aromatic carbocycles. The van der Waals surface area contributed by atoms with Crippen molar-refractivity contribution in [2.24, 2.45) is 0 Å². The molecule has 0 aliphatic rings. The van der Waals surface area contributed by atoms with Crippen molar-refractivity contribution in [1.82, 2.24) is 5.32 Å². The lowest BCUT2D eigenvalue weighted by atomic mass is 10.1. The Bertz CT molecular complexity index is 245. The van der Waals surface area contributed by atoms with Gasteiger partial charge in [-0.25, -0.2) is 4.79 Å². The predicted molar refractivity (Wildman–Crippen MR) is 57.7 cm³/mol. The van der Waals surface area contributed by atoms with Gasteiger partial charge in [-0.05, 0) is 27.2 Å². The molecule has 5 heteroatoms. The number of aliphatic carboxylic acids is 1. The molecule has 0 aromatic heterocycles. The lowest BCUT2D eigenvalue weighted by Gasteiger charge is -2.23. The quantitative estimate of drug-likeness (QED) is 0.758. The number of carboxylic acid groups (broad SMARTS) is 1. The Morgan fingerprint density at radius 1 is 1.38 bits per heavy atom. The second-order valence-corrected chi connectivity index (χ2v) is 4.71. The molecule has 16 heavy (non-hydrogen) atoms. The summed E-state index contributed by atoms with van der Waals surface area (Å²) in [6, 6.07) is -0.426. The Hall–Kier alpha value is -1.26. The number of nitrogens with one attached hydrogen (secondary N) is 1. The average molecular weight is 230 g/mol. The molecule has 0 rings (SSSR count). The number of hydrogen-bond acceptors (Lipinski definition) is 4. The molecule has 0 heterocycles. The summed E-state index contributed by atoms with van der Waals surface area (Å²) in [5.41, 5.74) is -0.581. The topological polar surface area (TPSA) is 78.5 Å². The van der Waals surface area contributed by atoms with E-state index in [2.05, 4.69) is 5.32 Å². The van der Waals surface area contributed by atoms with E-state index >= 15 is 0 Å². The fourth-order valence-electron chi connectivity index (χ4n) is 1.25. The molecule has 1 N–H and O–H groups in total. The number of hydrogen-bond donors (Lipinski definition) is 1. The molecule has 0 aliphatic heterocycles. The van der Waals surface area contributed by atoms with Crippen LogP contribution in [0.3, 0.4) is 0 Å². The largest absolute Gasteiger partial charge is 0.550 e. The summed E-state index contributed by atoms with van der Waals surface area (Å²) in [4.78, 5) is 21.8. The Kier molecular flexibility index (Phi) is 5.85. The Morgan fingerprint density at radius 3 is 2.31 bits per heavy atom. The first-order valence-electron chi connectivity index (χ1n) is 5.44. The summed E-state index contributed by atoms with van der Waals surface area (Å²) in [5.74, 6) is -1.17. The summed E-state index contributed by atoms with van der Waals surface area (Å²) < 4.78 is 5.03. The standard InChI is InChI=1S/C11H21NO4/c1-5-6-8(7-9(13)14)12-10(15)16-11(2,3)4/h8H,5-7H2,1-4H3,(H,12,15)(H,13,14)/p-1/t8-/m1/s1. The van der Waals surface area contributed by atoms with Gasteiger partial charge in [-0.3, -0.25) is 0 Å². The molecule has 0 aliphatic carbocycles. The fourth-order valence-corrected chi connectivity index (χ4v) is 1.25. The molecule has 0 aromatic rings. The van der Waals surface area contributed by atoms with Crippen LogP contribution in [-0.2, 0) is 9.53 Å². The summed E-state index contributed by atoms with van der Waals surface area (Å²) in [7, 11) is 0. The highest BCUT2D eigenvalue weighted by Crippen LogP contribution is 2.08. The van der Waals surface area contributed by atoms with Gasteiger partial charge in [-0.2, -0.15) is 0 Å². The third kappa shape index (κ3) is 8.08. The Morgan fingerprint density at radius 2 is 1.94 bits per heavy atom. The minimum atomic E-state index is -1.17. The monoisotopic (exact) mass is 230 g/mol. The average Bonchev–Trinajstić information content (AvgIpc) is 1.98. The highest BCUT2D eigenvalue weighted by atomic mass is 16.6. The van der Waals surface area contributed by atoms with E-state index in [-0.39, 0.29) is 6.42 Å². The number of rotatable bonds is 5. The number of carbonyl (C=O) groups excluding carboxylic acids is 2. The summed E-state index contributed by atoms with van der Waals surface area (Å²) in [5, 5.41) is 13.0. The third-order valence-electron chi connectivity index (χ3n) is 1.77. The summed E-state index contributed by atoms with van der Waals surface area (Å²) in [6.45, 7) is 7.17. The molecule has 0 saturated heterocycles. The maximum absolute atomic E-state index is 11.4. The number of carbonyl (C=O) groups is 2. The van der Waals surface area contributed by atoms with Crippen LogP contribution in [0.4, 0.5) is 4.79 Å². The first kappa shape index (κ1) is 14.7. The van der Waals surface area contributed by atoms with E-state index < -0.39 is 23.7 Å². The van der Waals surface area contributed by atoms with Crippen LogP contribution in [0.15, 0.2) is 0 Å². The van der Waals surface area contributed by atoms with Gasteiger partial charge in [0, 0.05) is 18.4 Å². The van der Waals surface area contributed by atoms with E-state index in [1.54, 1.807) is 20.8 Å². The van der Waals surface area contributed by atoms with Crippen molar-refractivity contribution in [2.75, 3.05) is 0 Å². The van der Waals surface area contributed by atoms with Crippen molar-refractivity contribution in [2.45, 2.75) is 58.6 Å². The van der Waals surface area contributed by atoms with Gasteiger partial charge in [-0.15, -0.1) is 0 Å². The second-order valence-electron chi connectivity index (χ2n) is 4.71. The van der Waals surface area contributed by atoms with Crippen LogP contribution in [0.2, 0.25) is 0 Å². The van der Waals surface area contributed by atoms with Crippen LogP contribution in [0, 0.1) is 0 Å². The van der Waals surface area contributed by atoms with Crippen molar-refractivity contribution in [3.05, 3.63) is 0 Å². The predicted octanol–water partition coefficient (Wildman–Crippen LogP) is 0.820. The molecule has 1 amide bonds. The molecule has 0 radical (unpaired) electrons. The van der Waals surface area contributed by atoms with E-state index in [1.165, 1.54) is 0 Å². The van der Waals surface area contributed by atoms with Crippen LogP contribution in [0.5, 0.6) is 0 Å². The number of carboxylic acids is 1. The van der Waals surface area contributed by atoms with Crippen molar-refractivity contribution in [3.63, 3.8) is 0 Å². The lowest BCUT2D eigenvalue weighted by Crippen LogP contribution is -2.42. The molecule has 1 atom stereocenters. The van der Waals surface area contributed by atoms with E-state index in [4.69, 9.17) is 4.74 Å². The number of ether oxygens (including phenoxy) is 1. The summed E-state index contributed by atoms with van der Waals surface area (Å²) >= 11 is 0. The molecule has 94 valence electrons. The van der Waals surface area contributed by atoms with Crippen LogP contribution in [-0.4, -0.2) is 23.7 Å². The normalized spacial score (nSPS) is 13.0. The van der Waals surface area contributed by atoms with Gasteiger partial charge in [-0.1, -0.05) is 13.3 Å². The first-order chi connectivity index (χ1) is 7.24. The van der Waals surface area contributed by atoms with Gasteiger partial charge in [0.25, 0.3) is 0 Å². The van der Waals surface area contributed by atoms with E-state index in [0.717, 1.165) is 6.42 Å². The Labute approximate surface area is 96.2 Å². The third-order valence-corrected chi connectivity index (χ3v) is 1.77. The molecule has 0 unspecified atom stereocenters. The SMILES string of the molecule is CCC[C@H](CC(=O)[O-])NC(=O)OC(C)(C)C. The maximum Gasteiger partial charge on any atom is 0.407 e. The van der Waals surface area contributed by atoms with Crippen LogP contribution in [0.25, 0.3) is 0 Å². The van der Waals surface area contributed by atoms with Gasteiger partial charge in [0.15, 0.2) is 0 Å². The molecular weight excluding hydrogens is 210 g/mol. The minimum absolute atomic E-state index is 0.187. The molecule has 0 spiro atoms. The molecular formula is C11H20NO4-. The minimum Gasteiger partial charge on any atom is -0.550 e. The highest BCUT2D eigenvalue weighted by molar-refractivity contribution is 5.70. The molecule has 0 bridgehead atoms. The van der Waals surface area contributed by atoms with Gasteiger partial charge < -0.3 is 20.0 Å². The van der Waals surface area contributed by atoms with E-state index in [1.807, 2.05) is 6.92 Å². The fraction of sp³-hybridized carbons (Fsp3) is 0.818. The highest BCUT2D eigenvalue weighted by Gasteiger charge is 2.19. The van der Waals surface area contributed by atoms with Crippen molar-refractivity contribution < 1.29 is 19.4 Å². The van der Waals surface area contributed by atoms with E-state index in [9.17, 15) is 14.7 Å². The Balaban J connectivity index is 4.17. The molecule has 0 fully saturated rings. The van der Waals surface area contributed by atoms with Crippen molar-refractivity contribution in [3.8, 4) is 0 Å². The zero-order valence-electron chi connectivity index (χ0n) is 10.3. The molecule has 5 nitrogen and oxygen atoms in total. The zero-order valence-corrected chi connectivity index (χ0v) is 10.3. The van der Waals surface area contributed by atoms with E-state index in [0.29, 0.717) is 6.42 Å². The number of alkyl carbamates (subject to hydrolysis) is 1. The van der Waals surface area contributed by atoms with Crippen LogP contribution < -0.4 is 10.4 Å². The first-order valence-corrected chi connectivity index (χ1v) is 5.44. The maximum atomic E-state index is 11.4. The lowest BCUT2D eigenvalue weighted by molar-refractivity contribution is -0.306. The van der Waals surface area contributed by atoms with Gasteiger partial charge in [0.2, 0.25) is 0 Å². The summed E-state index contributed by atoms with van der Waals surface area (Å²) in [6.07, 6.45) is 0.598. The van der Waals surface area contributed by atoms with Crippen LogP contribution >= 0.6 is 0 Å². The van der Waals surface area contributed by atoms with Gasteiger partial charge in [0.1, 0.15) is 5.60 Å². The van der Waals surface area contributed by atoms with Gasteiger partial charge >= 0.3 is 6.09 Å². The van der Waals surface area contributed by atoms with Crippen molar-refractivity contribution in [1.29, 1.82) is 0 Å².